The van der Waals surface area contributed by atoms with E-state index < -0.39 is 29.4 Å². The number of alkyl halides is 3. The van der Waals surface area contributed by atoms with E-state index >= 15 is 0 Å². The molecule has 0 spiro atoms. The van der Waals surface area contributed by atoms with Crippen LogP contribution in [0.2, 0.25) is 0 Å². The molecule has 10 nitrogen and oxygen atoms in total. The van der Waals surface area contributed by atoms with Crippen LogP contribution in [-0.2, 0) is 17.5 Å². The average molecular weight is 596 g/mol. The molecule has 0 bridgehead atoms. The summed E-state index contributed by atoms with van der Waals surface area (Å²) < 4.78 is 54.3. The number of hydrogen-bond donors (Lipinski definition) is 2. The van der Waals surface area contributed by atoms with Crippen LogP contribution in [-0.4, -0.2) is 87.5 Å². The number of carboxylic acid groups (broad SMARTS) is 1. The molecule has 2 N–H and O–H groups in total. The number of aliphatic carboxylic acids is 1. The van der Waals surface area contributed by atoms with Gasteiger partial charge in [0.15, 0.2) is 5.13 Å². The molecule has 0 aliphatic carbocycles. The van der Waals surface area contributed by atoms with Gasteiger partial charge < -0.3 is 10.0 Å². The van der Waals surface area contributed by atoms with Crippen molar-refractivity contribution in [1.29, 1.82) is 0 Å². The van der Waals surface area contributed by atoms with E-state index in [2.05, 4.69) is 20.3 Å². The van der Waals surface area contributed by atoms with Crippen LogP contribution in [0.3, 0.4) is 0 Å². The van der Waals surface area contributed by atoms with Crippen LogP contribution >= 0.6 is 11.3 Å². The summed E-state index contributed by atoms with van der Waals surface area (Å²) >= 11 is 1.09. The Morgan fingerprint density at radius 3 is 2.37 bits per heavy atom. The Kier molecular flexibility index (Phi) is 9.50. The Balaban J connectivity index is 1.52. The van der Waals surface area contributed by atoms with Gasteiger partial charge in [0.2, 0.25) is 0 Å². The third-order valence-corrected chi connectivity index (χ3v) is 7.56. The molecule has 1 aromatic carbocycles. The molecule has 1 fully saturated rings. The van der Waals surface area contributed by atoms with Crippen molar-refractivity contribution in [3.63, 3.8) is 0 Å². The van der Waals surface area contributed by atoms with Gasteiger partial charge in [-0.05, 0) is 31.3 Å². The van der Waals surface area contributed by atoms with Gasteiger partial charge in [-0.3, -0.25) is 24.7 Å². The van der Waals surface area contributed by atoms with Crippen LogP contribution in [0.4, 0.5) is 28.5 Å². The maximum atomic E-state index is 14.2. The van der Waals surface area contributed by atoms with Gasteiger partial charge in [-0.2, -0.15) is 13.2 Å². The molecule has 15 heteroatoms. The summed E-state index contributed by atoms with van der Waals surface area (Å²) in [5, 5.41) is 11.7. The first-order valence-corrected chi connectivity index (χ1v) is 13.7. The van der Waals surface area contributed by atoms with E-state index in [9.17, 15) is 27.2 Å². The van der Waals surface area contributed by atoms with Crippen LogP contribution in [0.5, 0.6) is 0 Å². The van der Waals surface area contributed by atoms with E-state index in [1.807, 2.05) is 28.5 Å². The van der Waals surface area contributed by atoms with Crippen molar-refractivity contribution in [1.82, 2.24) is 24.8 Å². The number of benzene rings is 1. The van der Waals surface area contributed by atoms with Gasteiger partial charge in [0.05, 0.1) is 30.2 Å². The maximum Gasteiger partial charge on any atom is 0.416 e. The number of carbonyl (C=O) groups excluding carboxylic acids is 1. The molecule has 41 heavy (non-hydrogen) atoms. The fraction of sp³-hybridized carbons (Fsp3) is 0.423. The molecular weight excluding hydrogens is 566 g/mol. The van der Waals surface area contributed by atoms with Crippen molar-refractivity contribution in [3.05, 3.63) is 52.5 Å². The Bertz CT molecular complexity index is 1370. The number of hydrogen-bond acceptors (Lipinski definition) is 9. The zero-order valence-electron chi connectivity index (χ0n) is 22.4. The molecule has 220 valence electrons. The van der Waals surface area contributed by atoms with E-state index in [1.165, 1.54) is 12.4 Å². The Labute approximate surface area is 237 Å². The first-order chi connectivity index (χ1) is 19.5. The summed E-state index contributed by atoms with van der Waals surface area (Å²) in [4.78, 5) is 43.1. The van der Waals surface area contributed by atoms with Gasteiger partial charge in [0, 0.05) is 43.2 Å². The second-order valence-corrected chi connectivity index (χ2v) is 10.4. The molecule has 0 unspecified atom stereocenters. The van der Waals surface area contributed by atoms with E-state index in [-0.39, 0.29) is 28.6 Å². The Morgan fingerprint density at radius 2 is 1.78 bits per heavy atom. The molecule has 4 rings (SSSR count). The molecule has 1 aliphatic heterocycles. The molecule has 0 radical (unpaired) electrons. The van der Waals surface area contributed by atoms with Crippen LogP contribution in [0, 0.1) is 5.82 Å². The van der Waals surface area contributed by atoms with Gasteiger partial charge in [0.1, 0.15) is 17.3 Å². The van der Waals surface area contributed by atoms with E-state index in [4.69, 9.17) is 5.11 Å². The molecular formula is C26H29F4N7O3S. The molecule has 2 aromatic heterocycles. The quantitative estimate of drug-likeness (QED) is 0.335. The zero-order chi connectivity index (χ0) is 29.7. The van der Waals surface area contributed by atoms with Gasteiger partial charge in [0.25, 0.3) is 5.91 Å². The highest BCUT2D eigenvalue weighted by Crippen LogP contribution is 2.37. The third kappa shape index (κ3) is 7.74. The first kappa shape index (κ1) is 30.3. The summed E-state index contributed by atoms with van der Waals surface area (Å²) in [7, 11) is 0. The number of aromatic nitrogens is 3. The van der Waals surface area contributed by atoms with Gasteiger partial charge >= 0.3 is 12.1 Å². The number of nitrogens with zero attached hydrogens (tertiary/aromatic N) is 6. The molecule has 1 aliphatic rings. The lowest BCUT2D eigenvalue weighted by Crippen LogP contribution is -2.48. The van der Waals surface area contributed by atoms with Crippen LogP contribution in [0.15, 0.2) is 30.6 Å². The zero-order valence-corrected chi connectivity index (χ0v) is 23.2. The molecule has 1 saturated heterocycles. The second kappa shape index (κ2) is 12.9. The van der Waals surface area contributed by atoms with Gasteiger partial charge in [-0.15, -0.1) is 0 Å². The SMILES string of the molecule is CCN(CC)Cc1sc(NC(=O)c2cnc(N3CCN(CC(=O)O)CC3)cn2)nc1-c1cc(F)cc(C(F)(F)F)c1. The molecule has 0 atom stereocenters. The van der Waals surface area contributed by atoms with Crippen LogP contribution in [0.25, 0.3) is 11.3 Å². The highest BCUT2D eigenvalue weighted by Gasteiger charge is 2.32. The van der Waals surface area contributed by atoms with E-state index in [0.29, 0.717) is 62.6 Å². The number of anilines is 2. The van der Waals surface area contributed by atoms with E-state index in [0.717, 1.165) is 23.5 Å². The number of halogens is 4. The summed E-state index contributed by atoms with van der Waals surface area (Å²) in [6.07, 6.45) is -1.98. The summed E-state index contributed by atoms with van der Waals surface area (Å²) in [6, 6.07) is 2.27. The standard InChI is InChI=1S/C26H29F4N7O3S/c1-3-35(4-2)14-20-23(16-9-17(26(28,29)30)11-18(27)10-16)33-25(41-20)34-24(40)19-12-32-21(13-31-19)37-7-5-36(6-8-37)15-22(38)39/h9-13H,3-8,14-15H2,1-2H3,(H,38,39)(H,33,34,40). The minimum atomic E-state index is -4.74. The average Bonchev–Trinajstić information content (AvgIpc) is 3.33. The highest BCUT2D eigenvalue weighted by atomic mass is 32.1. The van der Waals surface area contributed by atoms with Crippen molar-refractivity contribution in [3.8, 4) is 11.3 Å². The topological polar surface area (TPSA) is 115 Å². The largest absolute Gasteiger partial charge is 0.480 e. The highest BCUT2D eigenvalue weighted by molar-refractivity contribution is 7.16. The summed E-state index contributed by atoms with van der Waals surface area (Å²) in [5.74, 6) is -2.00. The van der Waals surface area contributed by atoms with Crippen molar-refractivity contribution in [2.75, 3.05) is 56.0 Å². The molecule has 3 aromatic rings. The lowest BCUT2D eigenvalue weighted by atomic mass is 10.1. The number of amides is 1. The number of thiazole rings is 1. The number of piperazine rings is 1. The maximum absolute atomic E-state index is 14.2. The predicted octanol–water partition coefficient (Wildman–Crippen LogP) is 4.06. The minimum Gasteiger partial charge on any atom is -0.480 e. The summed E-state index contributed by atoms with van der Waals surface area (Å²) in [6.45, 7) is 7.75. The van der Waals surface area contributed by atoms with Crippen molar-refractivity contribution in [2.45, 2.75) is 26.6 Å². The predicted molar refractivity (Wildman–Crippen MR) is 145 cm³/mol. The molecule has 1 amide bonds. The van der Waals surface area contributed by atoms with Crippen LogP contribution in [0.1, 0.15) is 34.8 Å². The Hall–Kier alpha value is -3.69. The lowest BCUT2D eigenvalue weighted by molar-refractivity contribution is -0.139. The van der Waals surface area contributed by atoms with Crippen molar-refractivity contribution >= 4 is 34.2 Å². The third-order valence-electron chi connectivity index (χ3n) is 6.60. The lowest BCUT2D eigenvalue weighted by Gasteiger charge is -2.34. The number of carbonyl (C=O) groups is 2. The smallest absolute Gasteiger partial charge is 0.416 e. The molecule has 3 heterocycles. The van der Waals surface area contributed by atoms with Gasteiger partial charge in [-0.1, -0.05) is 25.2 Å². The fourth-order valence-electron chi connectivity index (χ4n) is 4.37. The van der Waals surface area contributed by atoms with Crippen molar-refractivity contribution in [2.24, 2.45) is 0 Å². The fourth-order valence-corrected chi connectivity index (χ4v) is 5.39. The monoisotopic (exact) mass is 595 g/mol. The second-order valence-electron chi connectivity index (χ2n) is 9.35. The minimum absolute atomic E-state index is 0.00502. The normalized spacial score (nSPS) is 14.5. The Morgan fingerprint density at radius 1 is 1.07 bits per heavy atom. The van der Waals surface area contributed by atoms with E-state index in [1.54, 1.807) is 0 Å². The van der Waals surface area contributed by atoms with Gasteiger partial charge in [-0.25, -0.2) is 19.3 Å². The van der Waals surface area contributed by atoms with Crippen LogP contribution < -0.4 is 10.2 Å². The number of nitrogens with one attached hydrogen (secondary N) is 1. The summed E-state index contributed by atoms with van der Waals surface area (Å²) in [5.41, 5.74) is -1.00. The number of rotatable bonds is 10. The number of carboxylic acids is 1. The first-order valence-electron chi connectivity index (χ1n) is 12.9. The molecule has 0 saturated carbocycles. The van der Waals surface area contributed by atoms with Crippen molar-refractivity contribution < 1.29 is 32.3 Å².